The van der Waals surface area contributed by atoms with Gasteiger partial charge in [-0.3, -0.25) is 4.79 Å². The van der Waals surface area contributed by atoms with E-state index in [9.17, 15) is 4.79 Å². The summed E-state index contributed by atoms with van der Waals surface area (Å²) in [4.78, 5) is 22.9. The molecule has 0 atom stereocenters. The number of carbonyl (C=O) groups is 1. The molecule has 0 saturated heterocycles. The minimum absolute atomic E-state index is 0.0995. The zero-order valence-electron chi connectivity index (χ0n) is 14.5. The molecule has 0 bridgehead atoms. The van der Waals surface area contributed by atoms with Gasteiger partial charge in [0.25, 0.3) is 5.91 Å². The lowest BCUT2D eigenvalue weighted by atomic mass is 10.2. The van der Waals surface area contributed by atoms with Crippen molar-refractivity contribution in [1.82, 2.24) is 14.9 Å². The molecule has 3 aromatic rings. The maximum atomic E-state index is 12.6. The van der Waals surface area contributed by atoms with Crippen LogP contribution < -0.4 is 4.74 Å². The lowest BCUT2D eigenvalue weighted by molar-refractivity contribution is 0.0783. The van der Waals surface area contributed by atoms with Gasteiger partial charge in [0.2, 0.25) is 5.88 Å². The van der Waals surface area contributed by atoms with Crippen LogP contribution in [0.15, 0.2) is 52.4 Å². The van der Waals surface area contributed by atoms with Gasteiger partial charge in [-0.2, -0.15) is 0 Å². The van der Waals surface area contributed by atoms with Crippen LogP contribution in [0, 0.1) is 0 Å². The summed E-state index contributed by atoms with van der Waals surface area (Å²) in [6.07, 6.45) is 2.44. The van der Waals surface area contributed by atoms with Gasteiger partial charge in [0, 0.05) is 29.2 Å². The molecule has 0 N–H and O–H groups in total. The number of rotatable bonds is 6. The van der Waals surface area contributed by atoms with Gasteiger partial charge in [-0.15, -0.1) is 11.3 Å². The molecule has 0 spiro atoms. The van der Waals surface area contributed by atoms with Crippen molar-refractivity contribution in [1.29, 1.82) is 0 Å². The first-order valence-electron chi connectivity index (χ1n) is 8.13. The van der Waals surface area contributed by atoms with Crippen molar-refractivity contribution in [3.63, 3.8) is 0 Å². The van der Waals surface area contributed by atoms with Crippen molar-refractivity contribution in [3.8, 4) is 11.6 Å². The molecular weight excluding hydrogens is 414 g/mol. The second-order valence-electron chi connectivity index (χ2n) is 5.69. The Morgan fingerprint density at radius 3 is 2.81 bits per heavy atom. The Bertz CT molecular complexity index is 896. The Kier molecular flexibility index (Phi) is 6.00. The Hall–Kier alpha value is -2.25. The van der Waals surface area contributed by atoms with Gasteiger partial charge < -0.3 is 9.64 Å². The third kappa shape index (κ3) is 4.68. The van der Waals surface area contributed by atoms with Crippen molar-refractivity contribution in [2.45, 2.75) is 19.9 Å². The highest BCUT2D eigenvalue weighted by molar-refractivity contribution is 9.10. The first kappa shape index (κ1) is 18.5. The largest absolute Gasteiger partial charge is 0.439 e. The highest BCUT2D eigenvalue weighted by Gasteiger charge is 2.14. The average molecular weight is 432 g/mol. The number of ether oxygens (including phenoxy) is 1. The van der Waals surface area contributed by atoms with E-state index in [2.05, 4.69) is 32.8 Å². The van der Waals surface area contributed by atoms with Crippen molar-refractivity contribution in [3.05, 3.63) is 68.7 Å². The van der Waals surface area contributed by atoms with Crippen LogP contribution in [0.5, 0.6) is 11.6 Å². The lowest BCUT2D eigenvalue weighted by Crippen LogP contribution is -2.26. The number of carbonyl (C=O) groups excluding carboxylic acids is 1. The summed E-state index contributed by atoms with van der Waals surface area (Å²) < 4.78 is 6.62. The topological polar surface area (TPSA) is 55.3 Å². The fourth-order valence-corrected chi connectivity index (χ4v) is 3.45. The molecule has 26 heavy (non-hydrogen) atoms. The van der Waals surface area contributed by atoms with Crippen LogP contribution in [0.25, 0.3) is 0 Å². The summed E-state index contributed by atoms with van der Waals surface area (Å²) in [5.41, 5.74) is 1.42. The molecule has 0 fully saturated rings. The lowest BCUT2D eigenvalue weighted by Gasteiger charge is -2.16. The molecule has 5 nitrogen and oxygen atoms in total. The third-order valence-electron chi connectivity index (χ3n) is 3.65. The molecule has 3 rings (SSSR count). The van der Waals surface area contributed by atoms with E-state index in [0.717, 1.165) is 21.6 Å². The minimum Gasteiger partial charge on any atom is -0.439 e. The number of hydrogen-bond acceptors (Lipinski definition) is 5. The molecule has 7 heteroatoms. The smallest absolute Gasteiger partial charge is 0.255 e. The van der Waals surface area contributed by atoms with E-state index in [1.54, 1.807) is 35.4 Å². The minimum atomic E-state index is -0.0995. The number of amides is 1. The van der Waals surface area contributed by atoms with Crippen molar-refractivity contribution >= 4 is 33.2 Å². The average Bonchev–Trinajstić information content (AvgIpc) is 3.09. The quantitative estimate of drug-likeness (QED) is 0.555. The van der Waals surface area contributed by atoms with Gasteiger partial charge in [-0.25, -0.2) is 9.97 Å². The van der Waals surface area contributed by atoms with Crippen LogP contribution >= 0.6 is 27.3 Å². The van der Waals surface area contributed by atoms with E-state index in [-0.39, 0.29) is 5.91 Å². The maximum Gasteiger partial charge on any atom is 0.255 e. The predicted molar refractivity (Wildman–Crippen MR) is 106 cm³/mol. The molecule has 2 heterocycles. The van der Waals surface area contributed by atoms with E-state index < -0.39 is 0 Å². The van der Waals surface area contributed by atoms with Gasteiger partial charge in [0.05, 0.1) is 22.8 Å². The number of nitrogens with zero attached hydrogens (tertiary/aromatic N) is 3. The molecular formula is C19H18BrN3O2S. The fraction of sp³-hybridized carbons (Fsp3) is 0.211. The van der Waals surface area contributed by atoms with Crippen LogP contribution in [0.1, 0.15) is 28.0 Å². The zero-order chi connectivity index (χ0) is 18.5. The standard InChI is InChI=1S/C19H18BrN3O2S/c1-3-18-22-15(12-26-18)11-23(2)19(24)13-7-8-17(21-10-13)25-16-6-4-5-14(20)9-16/h4-10,12H,3,11H2,1-2H3. The molecule has 0 aliphatic heterocycles. The monoisotopic (exact) mass is 431 g/mol. The molecule has 2 aromatic heterocycles. The van der Waals surface area contributed by atoms with E-state index in [0.29, 0.717) is 23.7 Å². The molecule has 0 aliphatic rings. The van der Waals surface area contributed by atoms with Crippen molar-refractivity contribution < 1.29 is 9.53 Å². The number of hydrogen-bond donors (Lipinski definition) is 0. The molecule has 0 saturated carbocycles. The normalized spacial score (nSPS) is 10.6. The van der Waals surface area contributed by atoms with Gasteiger partial charge in [0.15, 0.2) is 0 Å². The van der Waals surface area contributed by atoms with Crippen LogP contribution in [-0.2, 0) is 13.0 Å². The third-order valence-corrected chi connectivity index (χ3v) is 5.18. The number of thiazole rings is 1. The number of benzene rings is 1. The highest BCUT2D eigenvalue weighted by atomic mass is 79.9. The summed E-state index contributed by atoms with van der Waals surface area (Å²) in [6, 6.07) is 10.9. The first-order valence-corrected chi connectivity index (χ1v) is 9.80. The second-order valence-corrected chi connectivity index (χ2v) is 7.55. The molecule has 0 radical (unpaired) electrons. The molecule has 134 valence electrons. The number of aryl methyl sites for hydroxylation is 1. The summed E-state index contributed by atoms with van der Waals surface area (Å²) in [6.45, 7) is 2.55. The Morgan fingerprint density at radius 1 is 1.31 bits per heavy atom. The SMILES string of the molecule is CCc1nc(CN(C)C(=O)c2ccc(Oc3cccc(Br)c3)nc2)cs1. The first-order chi connectivity index (χ1) is 12.5. The fourth-order valence-electron chi connectivity index (χ4n) is 2.34. The summed E-state index contributed by atoms with van der Waals surface area (Å²) in [5, 5.41) is 3.08. The van der Waals surface area contributed by atoms with E-state index in [1.165, 1.54) is 6.20 Å². The molecule has 1 amide bonds. The Balaban J connectivity index is 1.64. The number of pyridine rings is 1. The van der Waals surface area contributed by atoms with Gasteiger partial charge in [-0.05, 0) is 30.7 Å². The number of halogens is 1. The second kappa shape index (κ2) is 8.42. The predicted octanol–water partition coefficient (Wildman–Crippen LogP) is 4.93. The van der Waals surface area contributed by atoms with Crippen molar-refractivity contribution in [2.75, 3.05) is 7.05 Å². The van der Waals surface area contributed by atoms with E-state index >= 15 is 0 Å². The molecule has 0 aliphatic carbocycles. The van der Waals surface area contributed by atoms with Gasteiger partial charge in [0.1, 0.15) is 5.75 Å². The Morgan fingerprint density at radius 2 is 2.15 bits per heavy atom. The van der Waals surface area contributed by atoms with Crippen LogP contribution in [-0.4, -0.2) is 27.8 Å². The molecule has 0 unspecified atom stereocenters. The highest BCUT2D eigenvalue weighted by Crippen LogP contribution is 2.23. The Labute approximate surface area is 164 Å². The summed E-state index contributed by atoms with van der Waals surface area (Å²) in [5.74, 6) is 1.02. The summed E-state index contributed by atoms with van der Waals surface area (Å²) in [7, 11) is 1.76. The molecule has 1 aromatic carbocycles. The zero-order valence-corrected chi connectivity index (χ0v) is 16.9. The van der Waals surface area contributed by atoms with Crippen molar-refractivity contribution in [2.24, 2.45) is 0 Å². The van der Waals surface area contributed by atoms with E-state index in [4.69, 9.17) is 4.74 Å². The van der Waals surface area contributed by atoms with Crippen LogP contribution in [0.2, 0.25) is 0 Å². The maximum absolute atomic E-state index is 12.6. The van der Waals surface area contributed by atoms with Crippen LogP contribution in [0.4, 0.5) is 0 Å². The van der Waals surface area contributed by atoms with Crippen LogP contribution in [0.3, 0.4) is 0 Å². The van der Waals surface area contributed by atoms with Gasteiger partial charge in [-0.1, -0.05) is 28.9 Å². The van der Waals surface area contributed by atoms with E-state index in [1.807, 2.05) is 29.6 Å². The van der Waals surface area contributed by atoms with Gasteiger partial charge >= 0.3 is 0 Å². The number of aromatic nitrogens is 2. The summed E-state index contributed by atoms with van der Waals surface area (Å²) >= 11 is 5.02.